The lowest BCUT2D eigenvalue weighted by Crippen LogP contribution is -2.40. The van der Waals surface area contributed by atoms with Gasteiger partial charge in [-0.25, -0.2) is 0 Å². The molecule has 1 aromatic rings. The minimum atomic E-state index is -0.298. The maximum atomic E-state index is 12.3. The van der Waals surface area contributed by atoms with Gasteiger partial charge in [0.1, 0.15) is 0 Å². The summed E-state index contributed by atoms with van der Waals surface area (Å²) < 4.78 is 0. The van der Waals surface area contributed by atoms with E-state index < -0.39 is 0 Å². The van der Waals surface area contributed by atoms with E-state index in [1.165, 1.54) is 83.5 Å². The van der Waals surface area contributed by atoms with Crippen LogP contribution < -0.4 is 16.0 Å². The van der Waals surface area contributed by atoms with Crippen LogP contribution in [0.5, 0.6) is 0 Å². The first kappa shape index (κ1) is 30.2. The van der Waals surface area contributed by atoms with Gasteiger partial charge in [0.25, 0.3) is 5.91 Å². The monoisotopic (exact) mass is 473 g/mol. The molecule has 194 valence electrons. The van der Waals surface area contributed by atoms with Gasteiger partial charge in [0.05, 0.1) is 6.54 Å². The first-order chi connectivity index (χ1) is 16.3. The Kier molecular flexibility index (Phi) is 16.4. The van der Waals surface area contributed by atoms with Gasteiger partial charge in [0.15, 0.2) is 0 Å². The van der Waals surface area contributed by atoms with Crippen molar-refractivity contribution in [1.82, 2.24) is 10.6 Å². The molecule has 2 amide bonds. The third-order valence-corrected chi connectivity index (χ3v) is 5.89. The van der Waals surface area contributed by atoms with Gasteiger partial charge in [-0.2, -0.15) is 0 Å². The molecule has 1 rings (SSSR count). The van der Waals surface area contributed by atoms with Crippen molar-refractivity contribution in [2.75, 3.05) is 18.4 Å². The highest BCUT2D eigenvalue weighted by Gasteiger charge is 2.15. The van der Waals surface area contributed by atoms with Crippen LogP contribution >= 0.6 is 0 Å². The van der Waals surface area contributed by atoms with E-state index in [9.17, 15) is 9.59 Å². The van der Waals surface area contributed by atoms with Crippen LogP contribution in [0, 0.1) is 0 Å². The third kappa shape index (κ3) is 16.7. The average Bonchev–Trinajstić information content (AvgIpc) is 2.78. The summed E-state index contributed by atoms with van der Waals surface area (Å²) in [7, 11) is 0. The van der Waals surface area contributed by atoms with Crippen molar-refractivity contribution in [2.45, 2.75) is 123 Å². The number of rotatable bonds is 19. The van der Waals surface area contributed by atoms with Gasteiger partial charge >= 0.3 is 0 Å². The molecule has 0 radical (unpaired) electrons. The minimum Gasteiger partial charge on any atom is -0.347 e. The van der Waals surface area contributed by atoms with Gasteiger partial charge in [-0.3, -0.25) is 9.59 Å². The van der Waals surface area contributed by atoms with Gasteiger partial charge < -0.3 is 16.0 Å². The van der Waals surface area contributed by atoms with Crippen molar-refractivity contribution in [3.8, 4) is 0 Å². The van der Waals surface area contributed by atoms with E-state index >= 15 is 0 Å². The summed E-state index contributed by atoms with van der Waals surface area (Å²) in [5.41, 5.74) is 0.890. The highest BCUT2D eigenvalue weighted by molar-refractivity contribution is 5.97. The fraction of sp³-hybridized carbons (Fsp3) is 0.724. The number of anilines is 1. The normalized spacial score (nSPS) is 11.4. The second-order valence-electron chi connectivity index (χ2n) is 10.6. The average molecular weight is 474 g/mol. The molecule has 3 N–H and O–H groups in total. The summed E-state index contributed by atoms with van der Waals surface area (Å²) in [6.07, 6.45) is 18.9. The molecule has 5 heteroatoms. The third-order valence-electron chi connectivity index (χ3n) is 5.89. The fourth-order valence-corrected chi connectivity index (χ4v) is 4.00. The molecule has 0 atom stereocenters. The summed E-state index contributed by atoms with van der Waals surface area (Å²) in [5, 5.41) is 9.03. The second kappa shape index (κ2) is 18.4. The van der Waals surface area contributed by atoms with E-state index in [4.69, 9.17) is 0 Å². The van der Waals surface area contributed by atoms with Crippen molar-refractivity contribution in [2.24, 2.45) is 0 Å². The lowest BCUT2D eigenvalue weighted by molar-refractivity contribution is -0.115. The Hall–Kier alpha value is -1.88. The SMILES string of the molecule is CCCCCCCCCCCCCCCCNCC(=O)Nc1cccc(C(=O)NC(C)(C)C)c1. The second-order valence-corrected chi connectivity index (χ2v) is 10.6. The highest BCUT2D eigenvalue weighted by atomic mass is 16.2. The lowest BCUT2D eigenvalue weighted by atomic mass is 10.0. The minimum absolute atomic E-state index is 0.0845. The molecular weight excluding hydrogens is 422 g/mol. The van der Waals surface area contributed by atoms with Gasteiger partial charge in [-0.05, 0) is 51.9 Å². The molecule has 0 aliphatic carbocycles. The number of benzene rings is 1. The van der Waals surface area contributed by atoms with Crippen LogP contribution in [-0.4, -0.2) is 30.4 Å². The van der Waals surface area contributed by atoms with Crippen LogP contribution in [0.1, 0.15) is 128 Å². The fourth-order valence-electron chi connectivity index (χ4n) is 4.00. The summed E-state index contributed by atoms with van der Waals surface area (Å²) in [6, 6.07) is 7.06. The molecule has 1 aromatic carbocycles. The van der Waals surface area contributed by atoms with E-state index in [1.807, 2.05) is 20.8 Å². The van der Waals surface area contributed by atoms with Crippen molar-refractivity contribution in [1.29, 1.82) is 0 Å². The predicted molar refractivity (Wildman–Crippen MR) is 145 cm³/mol. The number of carbonyl (C=O) groups excluding carboxylic acids is 2. The van der Waals surface area contributed by atoms with Crippen molar-refractivity contribution in [3.63, 3.8) is 0 Å². The Labute approximate surface area is 209 Å². The molecule has 0 aliphatic rings. The summed E-state index contributed by atoms with van der Waals surface area (Å²) >= 11 is 0. The van der Waals surface area contributed by atoms with E-state index in [1.54, 1.807) is 24.3 Å². The van der Waals surface area contributed by atoms with Gasteiger partial charge in [-0.1, -0.05) is 96.5 Å². The molecule has 0 spiro atoms. The Bertz CT molecular complexity index is 682. The van der Waals surface area contributed by atoms with Crippen LogP contribution in [-0.2, 0) is 4.79 Å². The number of nitrogens with one attached hydrogen (secondary N) is 3. The topological polar surface area (TPSA) is 70.2 Å². The molecule has 5 nitrogen and oxygen atoms in total. The lowest BCUT2D eigenvalue weighted by Gasteiger charge is -2.20. The largest absolute Gasteiger partial charge is 0.347 e. The van der Waals surface area contributed by atoms with Crippen molar-refractivity contribution in [3.05, 3.63) is 29.8 Å². The summed E-state index contributed by atoms with van der Waals surface area (Å²) in [4.78, 5) is 24.5. The van der Waals surface area contributed by atoms with Crippen LogP contribution in [0.3, 0.4) is 0 Å². The van der Waals surface area contributed by atoms with E-state index in [2.05, 4.69) is 22.9 Å². The van der Waals surface area contributed by atoms with Gasteiger partial charge in [0, 0.05) is 16.8 Å². The highest BCUT2D eigenvalue weighted by Crippen LogP contribution is 2.13. The Morgan fingerprint density at radius 3 is 1.82 bits per heavy atom. The standard InChI is InChI=1S/C29H51N3O2/c1-5-6-7-8-9-10-11-12-13-14-15-16-17-18-22-30-24-27(33)31-26-21-19-20-25(23-26)28(34)32-29(2,3)4/h19-21,23,30H,5-18,22,24H2,1-4H3,(H,31,33)(H,32,34). The van der Waals surface area contributed by atoms with Gasteiger partial charge in [0.2, 0.25) is 5.91 Å². The zero-order valence-electron chi connectivity index (χ0n) is 22.4. The van der Waals surface area contributed by atoms with Crippen LogP contribution in [0.4, 0.5) is 5.69 Å². The van der Waals surface area contributed by atoms with Crippen molar-refractivity contribution < 1.29 is 9.59 Å². The molecule has 0 unspecified atom stereocenters. The Morgan fingerprint density at radius 2 is 1.29 bits per heavy atom. The molecule has 0 heterocycles. The maximum Gasteiger partial charge on any atom is 0.251 e. The Morgan fingerprint density at radius 1 is 0.765 bits per heavy atom. The zero-order valence-corrected chi connectivity index (χ0v) is 22.4. The molecule has 0 aliphatic heterocycles. The van der Waals surface area contributed by atoms with Crippen LogP contribution in [0.2, 0.25) is 0 Å². The molecule has 0 saturated carbocycles. The van der Waals surface area contributed by atoms with E-state index in [0.29, 0.717) is 11.3 Å². The zero-order chi connectivity index (χ0) is 25.1. The first-order valence-corrected chi connectivity index (χ1v) is 13.7. The van der Waals surface area contributed by atoms with Crippen LogP contribution in [0.15, 0.2) is 24.3 Å². The molecular formula is C29H51N3O2. The Balaban J connectivity index is 2.00. The maximum absolute atomic E-state index is 12.3. The predicted octanol–water partition coefficient (Wildman–Crippen LogP) is 7.22. The van der Waals surface area contributed by atoms with Gasteiger partial charge in [-0.15, -0.1) is 0 Å². The quantitative estimate of drug-likeness (QED) is 0.186. The molecule has 0 saturated heterocycles. The number of hydrogen-bond acceptors (Lipinski definition) is 3. The summed E-state index contributed by atoms with van der Waals surface area (Å²) in [5.74, 6) is -0.224. The molecule has 0 fully saturated rings. The number of carbonyl (C=O) groups is 2. The molecule has 0 bridgehead atoms. The summed E-state index contributed by atoms with van der Waals surface area (Å²) in [6.45, 7) is 9.26. The van der Waals surface area contributed by atoms with Crippen molar-refractivity contribution >= 4 is 17.5 Å². The smallest absolute Gasteiger partial charge is 0.251 e. The first-order valence-electron chi connectivity index (χ1n) is 13.7. The number of unbranched alkanes of at least 4 members (excludes halogenated alkanes) is 13. The number of hydrogen-bond donors (Lipinski definition) is 3. The van der Waals surface area contributed by atoms with E-state index in [-0.39, 0.29) is 23.9 Å². The molecule has 34 heavy (non-hydrogen) atoms. The van der Waals surface area contributed by atoms with E-state index in [0.717, 1.165) is 13.0 Å². The number of amides is 2. The van der Waals surface area contributed by atoms with Crippen LogP contribution in [0.25, 0.3) is 0 Å². The molecule has 0 aromatic heterocycles.